The molecule has 2 atom stereocenters. The van der Waals surface area contributed by atoms with Crippen molar-refractivity contribution in [3.05, 3.63) is 70.8 Å². The average molecular weight is 508 g/mol. The van der Waals surface area contributed by atoms with Gasteiger partial charge in [0.15, 0.2) is 0 Å². The summed E-state index contributed by atoms with van der Waals surface area (Å²) in [5.74, 6) is -0.507. The second kappa shape index (κ2) is 11.8. The first-order valence-corrected chi connectivity index (χ1v) is 13.1. The van der Waals surface area contributed by atoms with Crippen molar-refractivity contribution in [1.29, 1.82) is 0 Å². The third-order valence-corrected chi connectivity index (χ3v) is 6.24. The predicted octanol–water partition coefficient (Wildman–Crippen LogP) is 5.00. The van der Waals surface area contributed by atoms with Gasteiger partial charge in [-0.25, -0.2) is 4.79 Å². The monoisotopic (exact) mass is 507 g/mol. The Hall–Kier alpha value is -3.35. The van der Waals surface area contributed by atoms with E-state index in [0.29, 0.717) is 0 Å². The van der Waals surface area contributed by atoms with E-state index in [-0.39, 0.29) is 30.3 Å². The second-order valence-corrected chi connectivity index (χ2v) is 11.2. The summed E-state index contributed by atoms with van der Waals surface area (Å²) in [6.07, 6.45) is 1.25. The number of aryl methyl sites for hydroxylation is 2. The zero-order valence-electron chi connectivity index (χ0n) is 23.1. The number of ether oxygens (including phenoxy) is 1. The summed E-state index contributed by atoms with van der Waals surface area (Å²) < 4.78 is 5.50. The highest BCUT2D eigenvalue weighted by molar-refractivity contribution is 5.93. The third-order valence-electron chi connectivity index (χ3n) is 6.24. The summed E-state index contributed by atoms with van der Waals surface area (Å²) >= 11 is 0. The van der Waals surface area contributed by atoms with Crippen molar-refractivity contribution >= 4 is 17.9 Å². The highest BCUT2D eigenvalue weighted by Crippen LogP contribution is 2.38. The summed E-state index contributed by atoms with van der Waals surface area (Å²) in [6, 6.07) is 13.6. The molecule has 0 saturated heterocycles. The van der Waals surface area contributed by atoms with E-state index in [1.807, 2.05) is 76.2 Å². The molecule has 0 radical (unpaired) electrons. The van der Waals surface area contributed by atoms with Gasteiger partial charge >= 0.3 is 6.09 Å². The van der Waals surface area contributed by atoms with Gasteiger partial charge in [-0.3, -0.25) is 9.59 Å². The van der Waals surface area contributed by atoms with Crippen molar-refractivity contribution in [2.24, 2.45) is 0 Å². The number of amides is 3. The van der Waals surface area contributed by atoms with Crippen LogP contribution in [0, 0.1) is 13.8 Å². The Labute approximate surface area is 221 Å². The molecule has 2 aromatic carbocycles. The van der Waals surface area contributed by atoms with Crippen LogP contribution in [0.4, 0.5) is 4.79 Å². The fourth-order valence-corrected chi connectivity index (χ4v) is 4.57. The first-order valence-electron chi connectivity index (χ1n) is 13.1. The van der Waals surface area contributed by atoms with Crippen molar-refractivity contribution in [3.8, 4) is 0 Å². The first-order chi connectivity index (χ1) is 17.4. The van der Waals surface area contributed by atoms with Crippen LogP contribution < -0.4 is 10.6 Å². The lowest BCUT2D eigenvalue weighted by atomic mass is 9.93. The van der Waals surface area contributed by atoms with Gasteiger partial charge in [0, 0.05) is 18.5 Å². The maximum absolute atomic E-state index is 14.3. The van der Waals surface area contributed by atoms with E-state index in [9.17, 15) is 14.4 Å². The molecular formula is C30H41N3O4. The van der Waals surface area contributed by atoms with Gasteiger partial charge < -0.3 is 20.3 Å². The highest BCUT2D eigenvalue weighted by Gasteiger charge is 2.45. The first kappa shape index (κ1) is 28.2. The van der Waals surface area contributed by atoms with Crippen LogP contribution in [-0.4, -0.2) is 46.5 Å². The fourth-order valence-electron chi connectivity index (χ4n) is 4.57. The van der Waals surface area contributed by atoms with E-state index in [1.54, 1.807) is 25.7 Å². The number of benzene rings is 2. The second-order valence-electron chi connectivity index (χ2n) is 11.2. The lowest BCUT2D eigenvalue weighted by Gasteiger charge is -2.36. The average Bonchev–Trinajstić information content (AvgIpc) is 3.61. The lowest BCUT2D eigenvalue weighted by Crippen LogP contribution is -2.55. The van der Waals surface area contributed by atoms with Gasteiger partial charge in [-0.1, -0.05) is 48.5 Å². The molecule has 37 heavy (non-hydrogen) atoms. The highest BCUT2D eigenvalue weighted by atomic mass is 16.6. The molecular weight excluding hydrogens is 466 g/mol. The molecule has 1 aliphatic carbocycles. The number of nitrogens with one attached hydrogen (secondary N) is 2. The van der Waals surface area contributed by atoms with Crippen molar-refractivity contribution < 1.29 is 19.1 Å². The SMILES string of the molecule is Cc1cccc(C)c1C(C(=O)NC(C)C)N(C(=O)C(Cc1ccccc1)NC(=O)OC(C)(C)C)C1CC1. The number of alkyl carbamates (subject to hydrolysis) is 1. The van der Waals surface area contributed by atoms with Crippen LogP contribution >= 0.6 is 0 Å². The molecule has 7 nitrogen and oxygen atoms in total. The maximum Gasteiger partial charge on any atom is 0.408 e. The van der Waals surface area contributed by atoms with Gasteiger partial charge in [-0.05, 0) is 83.6 Å². The van der Waals surface area contributed by atoms with Gasteiger partial charge in [-0.2, -0.15) is 0 Å². The van der Waals surface area contributed by atoms with Gasteiger partial charge in [0.25, 0.3) is 0 Å². The fraction of sp³-hybridized carbons (Fsp3) is 0.500. The van der Waals surface area contributed by atoms with Gasteiger partial charge in [0.2, 0.25) is 11.8 Å². The third kappa shape index (κ3) is 7.81. The van der Waals surface area contributed by atoms with Crippen LogP contribution in [0.1, 0.15) is 75.8 Å². The molecule has 1 saturated carbocycles. The minimum Gasteiger partial charge on any atom is -0.444 e. The zero-order valence-corrected chi connectivity index (χ0v) is 23.1. The van der Waals surface area contributed by atoms with Gasteiger partial charge in [0.1, 0.15) is 17.7 Å². The van der Waals surface area contributed by atoms with Crippen LogP contribution in [0.3, 0.4) is 0 Å². The normalized spacial score (nSPS) is 15.0. The Morgan fingerprint density at radius 3 is 2.05 bits per heavy atom. The Bertz CT molecular complexity index is 1080. The van der Waals surface area contributed by atoms with Gasteiger partial charge in [-0.15, -0.1) is 0 Å². The van der Waals surface area contributed by atoms with Crippen LogP contribution in [-0.2, 0) is 20.7 Å². The molecule has 2 unspecified atom stereocenters. The van der Waals surface area contributed by atoms with E-state index in [4.69, 9.17) is 4.74 Å². The van der Waals surface area contributed by atoms with E-state index in [2.05, 4.69) is 10.6 Å². The Kier molecular flexibility index (Phi) is 9.00. The summed E-state index contributed by atoms with van der Waals surface area (Å²) in [6.45, 7) is 13.1. The predicted molar refractivity (Wildman–Crippen MR) is 145 cm³/mol. The largest absolute Gasteiger partial charge is 0.444 e. The van der Waals surface area contributed by atoms with E-state index >= 15 is 0 Å². The summed E-state index contributed by atoms with van der Waals surface area (Å²) in [5.41, 5.74) is 2.92. The zero-order chi connectivity index (χ0) is 27.3. The van der Waals surface area contributed by atoms with E-state index in [1.165, 1.54) is 0 Å². The maximum atomic E-state index is 14.3. The number of carbonyl (C=O) groups is 3. The molecule has 0 aliphatic heterocycles. The lowest BCUT2D eigenvalue weighted by molar-refractivity contribution is -0.143. The number of carbonyl (C=O) groups excluding carboxylic acids is 3. The molecule has 3 amide bonds. The summed E-state index contributed by atoms with van der Waals surface area (Å²) in [4.78, 5) is 42.6. The number of hydrogen-bond donors (Lipinski definition) is 2. The van der Waals surface area contributed by atoms with Crippen molar-refractivity contribution in [2.45, 2.75) is 97.5 Å². The molecule has 2 N–H and O–H groups in total. The van der Waals surface area contributed by atoms with Crippen LogP contribution in [0.15, 0.2) is 48.5 Å². The summed E-state index contributed by atoms with van der Waals surface area (Å²) in [7, 11) is 0. The molecule has 0 spiro atoms. The van der Waals surface area contributed by atoms with Gasteiger partial charge in [0.05, 0.1) is 0 Å². The Morgan fingerprint density at radius 1 is 0.946 bits per heavy atom. The quantitative estimate of drug-likeness (QED) is 0.500. The number of nitrogens with zero attached hydrogens (tertiary/aromatic N) is 1. The molecule has 1 fully saturated rings. The van der Waals surface area contributed by atoms with E-state index in [0.717, 1.165) is 35.1 Å². The molecule has 0 bridgehead atoms. The molecule has 0 aromatic heterocycles. The number of rotatable bonds is 9. The topological polar surface area (TPSA) is 87.7 Å². The smallest absolute Gasteiger partial charge is 0.408 e. The Balaban J connectivity index is 2.05. The van der Waals surface area contributed by atoms with E-state index < -0.39 is 23.8 Å². The molecule has 2 aromatic rings. The van der Waals surface area contributed by atoms with Crippen molar-refractivity contribution in [1.82, 2.24) is 15.5 Å². The molecule has 200 valence electrons. The van der Waals surface area contributed by atoms with Crippen molar-refractivity contribution in [2.75, 3.05) is 0 Å². The molecule has 1 aliphatic rings. The minimum absolute atomic E-state index is 0.0758. The molecule has 0 heterocycles. The molecule has 7 heteroatoms. The van der Waals surface area contributed by atoms with Crippen molar-refractivity contribution in [3.63, 3.8) is 0 Å². The van der Waals surface area contributed by atoms with Crippen LogP contribution in [0.2, 0.25) is 0 Å². The summed E-state index contributed by atoms with van der Waals surface area (Å²) in [5, 5.41) is 5.85. The number of hydrogen-bond acceptors (Lipinski definition) is 4. The minimum atomic E-state index is -0.892. The van der Waals surface area contributed by atoms with Crippen LogP contribution in [0.5, 0.6) is 0 Å². The molecule has 3 rings (SSSR count). The standard InChI is InChI=1S/C30H41N3O4/c1-19(2)31-27(34)26(25-20(3)12-11-13-21(25)4)33(23-16-17-23)28(35)24(18-22-14-9-8-10-15-22)32-29(36)37-30(5,6)7/h8-15,19,23-24,26H,16-18H2,1-7H3,(H,31,34)(H,32,36). The Morgan fingerprint density at radius 2 is 1.54 bits per heavy atom. The van der Waals surface area contributed by atoms with Crippen LogP contribution in [0.25, 0.3) is 0 Å².